The number of halogens is 4. The molecule has 6 nitrogen and oxygen atoms in total. The molecule has 11 heavy (non-hydrogen) atoms. The minimum absolute atomic E-state index is 0. The van der Waals surface area contributed by atoms with Gasteiger partial charge in [0.2, 0.25) is 0 Å². The predicted octanol–water partition coefficient (Wildman–Crippen LogP) is 5.99. The second-order valence-corrected chi connectivity index (χ2v) is 0. The van der Waals surface area contributed by atoms with Gasteiger partial charge in [-0.25, -0.2) is 0 Å². The van der Waals surface area contributed by atoms with Crippen molar-refractivity contribution in [2.75, 3.05) is 0 Å². The van der Waals surface area contributed by atoms with Gasteiger partial charge in [0.15, 0.2) is 0 Å². The Labute approximate surface area is 107 Å². The third kappa shape index (κ3) is 414. The van der Waals surface area contributed by atoms with Crippen molar-refractivity contribution in [1.29, 1.82) is 0 Å². The molecule has 90 valence electrons. The number of nitrogens with two attached hydrogens (primary N) is 6. The predicted molar refractivity (Wildman–Crippen MR) is 60.7 cm³/mol. The van der Waals surface area contributed by atoms with Crippen LogP contribution in [0.1, 0.15) is 0 Å². The van der Waals surface area contributed by atoms with E-state index in [0.29, 0.717) is 0 Å². The first-order valence-electron chi connectivity index (χ1n) is 0. The van der Waals surface area contributed by atoms with Crippen LogP contribution in [0.15, 0.2) is 0 Å². The van der Waals surface area contributed by atoms with Crippen LogP contribution in [-0.2, 0) is 21.1 Å². The summed E-state index contributed by atoms with van der Waals surface area (Å²) in [5, 5.41) is 0. The van der Waals surface area contributed by atoms with E-state index in [1.807, 2.05) is 0 Å². The smallest absolute Gasteiger partial charge is 0 e. The molecule has 0 heterocycles. The van der Waals surface area contributed by atoms with Crippen LogP contribution in [0.3, 0.4) is 0 Å². The molecule has 0 rings (SSSR count). The zero-order chi connectivity index (χ0) is 0. The van der Waals surface area contributed by atoms with Crippen LogP contribution < -0.4 is 0 Å². The van der Waals surface area contributed by atoms with E-state index >= 15 is 0 Å². The van der Waals surface area contributed by atoms with Gasteiger partial charge < -0.3 is 36.9 Å². The largest absolute Gasteiger partial charge is 0.693 e. The molecule has 0 bridgehead atoms. The number of hydrogen-bond acceptors (Lipinski definition) is 0. The summed E-state index contributed by atoms with van der Waals surface area (Å²) in [5.74, 6) is 0. The molecule has 0 aromatic heterocycles. The third-order valence-corrected chi connectivity index (χ3v) is 0. The van der Waals surface area contributed by atoms with E-state index in [2.05, 4.69) is 0 Å². The summed E-state index contributed by atoms with van der Waals surface area (Å²) in [7, 11) is 0. The van der Waals surface area contributed by atoms with E-state index in [0.717, 1.165) is 0 Å². The second kappa shape index (κ2) is 505. The molecule has 0 unspecified atom stereocenters. The monoisotopic (exact) mass is 435 g/mol. The minimum atomic E-state index is 0. The van der Waals surface area contributed by atoms with Gasteiger partial charge in [0.25, 0.3) is 0 Å². The van der Waals surface area contributed by atoms with Gasteiger partial charge >= 0.3 is 0 Å². The van der Waals surface area contributed by atoms with Gasteiger partial charge in [-0.15, -0.1) is 49.6 Å². The van der Waals surface area contributed by atoms with Gasteiger partial charge in [-0.3, -0.25) is 0 Å². The molecule has 0 aromatic rings. The van der Waals surface area contributed by atoms with Gasteiger partial charge in [-0.05, 0) is 0 Å². The Morgan fingerprint density at radius 3 is 0.273 bits per heavy atom. The fourth-order valence-corrected chi connectivity index (χ4v) is 0. The van der Waals surface area contributed by atoms with Crippen LogP contribution >= 0.6 is 49.6 Å². The van der Waals surface area contributed by atoms with Crippen LogP contribution in [0.2, 0.25) is 0 Å². The molecule has 0 aliphatic carbocycles. The normalized spacial score (nSPS) is 0. The maximum atomic E-state index is 0. The van der Waals surface area contributed by atoms with E-state index in [9.17, 15) is 0 Å². The van der Waals surface area contributed by atoms with Gasteiger partial charge in [0, 0.05) is 21.1 Å². The van der Waals surface area contributed by atoms with Crippen molar-refractivity contribution in [2.45, 2.75) is 0 Å². The standard InChI is InChI=1S/4ClH.6H2N.Pt/h4*1H;6*1H2;/q;;;;6*-1;. The van der Waals surface area contributed by atoms with Crippen molar-refractivity contribution in [3.8, 4) is 0 Å². The first-order valence-corrected chi connectivity index (χ1v) is 0. The van der Waals surface area contributed by atoms with Crippen molar-refractivity contribution < 1.29 is 21.1 Å². The van der Waals surface area contributed by atoms with Crippen LogP contribution in [0.4, 0.5) is 0 Å². The average Bonchev–Trinajstić information content (AvgIpc) is 0. The van der Waals surface area contributed by atoms with Crippen LogP contribution in [0.25, 0.3) is 36.9 Å². The van der Waals surface area contributed by atoms with E-state index in [1.54, 1.807) is 0 Å². The molecule has 0 amide bonds. The number of hydrogen-bond donors (Lipinski definition) is 0. The third-order valence-electron chi connectivity index (χ3n) is 0. The Kier molecular flexibility index (Phi) is 30200. The summed E-state index contributed by atoms with van der Waals surface area (Å²) >= 11 is 0. The van der Waals surface area contributed by atoms with Gasteiger partial charge in [-0.2, -0.15) is 0 Å². The minimum Gasteiger partial charge on any atom is -0.693 e. The molecule has 0 aliphatic heterocycles. The molecule has 0 saturated heterocycles. The summed E-state index contributed by atoms with van der Waals surface area (Å²) in [5.41, 5.74) is 0. The maximum absolute atomic E-state index is 0. The molecule has 0 atom stereocenters. The van der Waals surface area contributed by atoms with Crippen LogP contribution in [-0.4, -0.2) is 0 Å². The molecule has 0 fully saturated rings. The summed E-state index contributed by atoms with van der Waals surface area (Å²) in [6, 6.07) is 0. The summed E-state index contributed by atoms with van der Waals surface area (Å²) < 4.78 is 0. The first kappa shape index (κ1) is 657. The van der Waals surface area contributed by atoms with E-state index in [1.165, 1.54) is 0 Å². The Morgan fingerprint density at radius 2 is 0.273 bits per heavy atom. The van der Waals surface area contributed by atoms with Gasteiger partial charge in [0.1, 0.15) is 0 Å². The number of rotatable bonds is 0. The fraction of sp³-hybridized carbons (Fsp3) is 0. The Bertz CT molecular complexity index is 14.5. The van der Waals surface area contributed by atoms with Crippen molar-refractivity contribution in [1.82, 2.24) is 0 Å². The SMILES string of the molecule is Cl.Cl.Cl.Cl.[NH2-].[NH2-].[NH2-].[NH2-].[NH2-].[NH2-].[Pt]. The van der Waals surface area contributed by atoms with Crippen molar-refractivity contribution in [3.63, 3.8) is 0 Å². The molecular weight excluding hydrogens is 421 g/mol. The summed E-state index contributed by atoms with van der Waals surface area (Å²) in [6.45, 7) is 0. The first-order chi connectivity index (χ1) is 0. The molecular formula is H16Cl4N6Pt-6. The Morgan fingerprint density at radius 1 is 0.273 bits per heavy atom. The summed E-state index contributed by atoms with van der Waals surface area (Å²) in [4.78, 5) is 0. The molecule has 0 saturated carbocycles. The van der Waals surface area contributed by atoms with Gasteiger partial charge in [-0.1, -0.05) is 0 Å². The average molecular weight is 437 g/mol. The van der Waals surface area contributed by atoms with E-state index < -0.39 is 0 Å². The molecule has 0 spiro atoms. The fourth-order valence-electron chi connectivity index (χ4n) is 0. The molecule has 11 heteroatoms. The zero-order valence-corrected chi connectivity index (χ0v) is 11.0. The maximum Gasteiger partial charge on any atom is 0 e. The molecule has 12 N–H and O–H groups in total. The van der Waals surface area contributed by atoms with Crippen molar-refractivity contribution in [3.05, 3.63) is 36.9 Å². The van der Waals surface area contributed by atoms with Crippen molar-refractivity contribution in [2.24, 2.45) is 0 Å². The van der Waals surface area contributed by atoms with Gasteiger partial charge in [0.05, 0.1) is 0 Å². The second-order valence-electron chi connectivity index (χ2n) is 0. The van der Waals surface area contributed by atoms with E-state index in [4.69, 9.17) is 0 Å². The Hall–Kier alpha value is 1.61. The van der Waals surface area contributed by atoms with Crippen molar-refractivity contribution >= 4 is 49.6 Å². The molecule has 0 radical (unpaired) electrons. The van der Waals surface area contributed by atoms with E-state index in [-0.39, 0.29) is 108 Å². The van der Waals surface area contributed by atoms with Crippen LogP contribution in [0, 0.1) is 0 Å². The van der Waals surface area contributed by atoms with Crippen LogP contribution in [0.5, 0.6) is 0 Å². The zero-order valence-electron chi connectivity index (χ0n) is 5.41. The Balaban J connectivity index is 0. The topological polar surface area (TPSA) is 201 Å². The quantitative estimate of drug-likeness (QED) is 0.429. The summed E-state index contributed by atoms with van der Waals surface area (Å²) in [6.07, 6.45) is 0. The molecule has 0 aliphatic rings. The molecule has 0 aromatic carbocycles.